The van der Waals surface area contributed by atoms with Crippen molar-refractivity contribution in [3.8, 4) is 0 Å². The van der Waals surface area contributed by atoms with Crippen LogP contribution in [0.2, 0.25) is 10.0 Å². The van der Waals surface area contributed by atoms with Gasteiger partial charge in [-0.1, -0.05) is 52.6 Å². The molecule has 0 fully saturated rings. The Morgan fingerprint density at radius 2 is 1.30 bits per heavy atom. The molecule has 1 N–H and O–H groups in total. The van der Waals surface area contributed by atoms with Crippen LogP contribution < -0.4 is 0 Å². The number of hydrogen-bond acceptors (Lipinski definition) is 6. The zero-order chi connectivity index (χ0) is 23.4. The van der Waals surface area contributed by atoms with Crippen molar-refractivity contribution in [1.29, 1.82) is 0 Å². The summed E-state index contributed by atoms with van der Waals surface area (Å²) < 4.78 is 11.2. The molecule has 0 saturated carbocycles. The average molecular weight is 484 g/mol. The molecule has 0 aliphatic heterocycles. The van der Waals surface area contributed by atoms with Gasteiger partial charge in [-0.3, -0.25) is 0 Å². The smallest absolute Gasteiger partial charge is 0.338 e. The number of nitrogens with zero attached hydrogens (tertiary/aromatic N) is 1. The molecule has 0 heterocycles. The zero-order valence-corrected chi connectivity index (χ0v) is 18.8. The van der Waals surface area contributed by atoms with Gasteiger partial charge >= 0.3 is 11.9 Å². The van der Waals surface area contributed by atoms with Crippen LogP contribution in [0.3, 0.4) is 0 Å². The van der Waals surface area contributed by atoms with Gasteiger partial charge in [0.25, 0.3) is 0 Å². The number of rotatable bonds is 6. The Hall–Kier alpha value is -3.35. The van der Waals surface area contributed by atoms with Crippen LogP contribution in [-0.2, 0) is 15.9 Å². The van der Waals surface area contributed by atoms with E-state index in [1.54, 1.807) is 48.5 Å². The Morgan fingerprint density at radius 3 is 1.79 bits per heavy atom. The van der Waals surface area contributed by atoms with Crippen molar-refractivity contribution in [2.45, 2.75) is 6.42 Å². The summed E-state index contributed by atoms with van der Waals surface area (Å²) in [4.78, 5) is 25.3. The lowest BCUT2D eigenvalue weighted by Crippen LogP contribution is -2.40. The molecule has 0 unspecified atom stereocenters. The fourth-order valence-corrected chi connectivity index (χ4v) is 4.08. The minimum absolute atomic E-state index is 0.156. The third kappa shape index (κ3) is 4.87. The van der Waals surface area contributed by atoms with Crippen molar-refractivity contribution in [2.24, 2.45) is 10.6 Å². The van der Waals surface area contributed by atoms with Crippen LogP contribution in [0.25, 0.3) is 0 Å². The molecular weight excluding hydrogens is 465 g/mol. The molecule has 0 amide bonds. The number of carbonyl (C=O) groups is 2. The van der Waals surface area contributed by atoms with E-state index in [1.165, 1.54) is 0 Å². The first-order valence-corrected chi connectivity index (χ1v) is 10.8. The highest BCUT2D eigenvalue weighted by atomic mass is 35.5. The lowest BCUT2D eigenvalue weighted by Gasteiger charge is -2.28. The first-order valence-electron chi connectivity index (χ1n) is 10.1. The highest BCUT2D eigenvalue weighted by Crippen LogP contribution is 2.39. The van der Waals surface area contributed by atoms with E-state index < -0.39 is 17.4 Å². The molecule has 0 aromatic heterocycles. The molecule has 8 heteroatoms. The van der Waals surface area contributed by atoms with E-state index in [-0.39, 0.29) is 13.2 Å². The van der Waals surface area contributed by atoms with E-state index in [0.29, 0.717) is 38.9 Å². The molecule has 0 saturated heterocycles. The highest BCUT2D eigenvalue weighted by Gasteiger charge is 2.46. The third-order valence-electron chi connectivity index (χ3n) is 5.52. The van der Waals surface area contributed by atoms with Crippen molar-refractivity contribution in [3.63, 3.8) is 0 Å². The van der Waals surface area contributed by atoms with Crippen molar-refractivity contribution >= 4 is 40.9 Å². The predicted octanol–water partition coefficient (Wildman–Crippen LogP) is 5.43. The maximum Gasteiger partial charge on any atom is 0.338 e. The Balaban J connectivity index is 1.57. The number of carbonyl (C=O) groups excluding carboxylic acids is 2. The molecule has 1 aliphatic carbocycles. The normalized spacial score (nSPS) is 15.2. The van der Waals surface area contributed by atoms with Crippen molar-refractivity contribution in [3.05, 3.63) is 105 Å². The summed E-state index contributed by atoms with van der Waals surface area (Å²) in [5, 5.41) is 14.4. The SMILES string of the molecule is O=C(OCC1(COC(=O)c2ccc(Cl)cc2)Cc2ccccc2/C1=N\O)c1ccc(Cl)cc1. The predicted molar refractivity (Wildman–Crippen MR) is 124 cm³/mol. The van der Waals surface area contributed by atoms with E-state index in [0.717, 1.165) is 5.56 Å². The molecule has 0 spiro atoms. The van der Waals surface area contributed by atoms with Gasteiger partial charge in [0.05, 0.1) is 16.5 Å². The van der Waals surface area contributed by atoms with Gasteiger partial charge in [-0.15, -0.1) is 0 Å². The van der Waals surface area contributed by atoms with Crippen LogP contribution in [0.4, 0.5) is 0 Å². The summed E-state index contributed by atoms with van der Waals surface area (Å²) in [5.74, 6) is -1.13. The molecule has 3 aromatic carbocycles. The summed E-state index contributed by atoms with van der Waals surface area (Å²) in [7, 11) is 0. The lowest BCUT2D eigenvalue weighted by atomic mass is 9.84. The average Bonchev–Trinajstić information content (AvgIpc) is 3.15. The van der Waals surface area contributed by atoms with E-state index in [4.69, 9.17) is 32.7 Å². The first-order chi connectivity index (χ1) is 15.9. The molecule has 3 aromatic rings. The van der Waals surface area contributed by atoms with E-state index in [1.807, 2.05) is 24.3 Å². The Kier molecular flexibility index (Phi) is 6.67. The van der Waals surface area contributed by atoms with Crippen molar-refractivity contribution in [2.75, 3.05) is 13.2 Å². The second kappa shape index (κ2) is 9.65. The van der Waals surface area contributed by atoms with Crippen LogP contribution in [0, 0.1) is 5.41 Å². The molecule has 1 aliphatic rings. The third-order valence-corrected chi connectivity index (χ3v) is 6.03. The number of benzene rings is 3. The largest absolute Gasteiger partial charge is 0.461 e. The highest BCUT2D eigenvalue weighted by molar-refractivity contribution is 6.31. The van der Waals surface area contributed by atoms with Crippen LogP contribution in [-0.4, -0.2) is 36.1 Å². The summed E-state index contributed by atoms with van der Waals surface area (Å²) >= 11 is 11.8. The van der Waals surface area contributed by atoms with Gasteiger partial charge in [0.15, 0.2) is 0 Å². The maximum absolute atomic E-state index is 12.6. The Morgan fingerprint density at radius 1 is 0.818 bits per heavy atom. The Labute approximate surface area is 200 Å². The molecular formula is C25H19Cl2NO5. The summed E-state index contributed by atoms with van der Waals surface area (Å²) in [6.45, 7) is -0.313. The summed E-state index contributed by atoms with van der Waals surface area (Å²) in [6.07, 6.45) is 0.365. The van der Waals surface area contributed by atoms with E-state index in [2.05, 4.69) is 5.16 Å². The summed E-state index contributed by atoms with van der Waals surface area (Å²) in [6, 6.07) is 20.0. The van der Waals surface area contributed by atoms with Gasteiger partial charge in [0.1, 0.15) is 18.9 Å². The molecule has 168 valence electrons. The van der Waals surface area contributed by atoms with Gasteiger partial charge in [0, 0.05) is 15.6 Å². The molecule has 6 nitrogen and oxygen atoms in total. The molecule has 33 heavy (non-hydrogen) atoms. The quantitative estimate of drug-likeness (QED) is 0.287. The monoisotopic (exact) mass is 483 g/mol. The zero-order valence-electron chi connectivity index (χ0n) is 17.3. The number of oxime groups is 1. The van der Waals surface area contributed by atoms with Gasteiger partial charge < -0.3 is 14.7 Å². The minimum Gasteiger partial charge on any atom is -0.461 e. The van der Waals surface area contributed by atoms with Crippen LogP contribution in [0.5, 0.6) is 0 Å². The van der Waals surface area contributed by atoms with Gasteiger partial charge in [-0.05, 0) is 60.5 Å². The fraction of sp³-hybridized carbons (Fsp3) is 0.160. The fourth-order valence-electron chi connectivity index (χ4n) is 3.83. The van der Waals surface area contributed by atoms with Crippen LogP contribution >= 0.6 is 23.2 Å². The standard InChI is InChI=1S/C25H19Cl2NO5/c26-19-9-5-16(6-10-19)23(29)32-14-25(13-18-3-1-2-4-21(18)22(25)28-31)15-33-24(30)17-7-11-20(27)12-8-17/h1-12,31H,13-15H2/b28-22+. The topological polar surface area (TPSA) is 85.2 Å². The van der Waals surface area contributed by atoms with E-state index >= 15 is 0 Å². The lowest BCUT2D eigenvalue weighted by molar-refractivity contribution is 0.0149. The molecule has 0 bridgehead atoms. The van der Waals surface area contributed by atoms with Gasteiger partial charge in [-0.25, -0.2) is 9.59 Å². The van der Waals surface area contributed by atoms with Gasteiger partial charge in [-0.2, -0.15) is 0 Å². The second-order valence-corrected chi connectivity index (χ2v) is 8.60. The van der Waals surface area contributed by atoms with Crippen molar-refractivity contribution in [1.82, 2.24) is 0 Å². The molecule has 0 radical (unpaired) electrons. The van der Waals surface area contributed by atoms with Crippen LogP contribution in [0.1, 0.15) is 31.8 Å². The second-order valence-electron chi connectivity index (χ2n) is 7.73. The van der Waals surface area contributed by atoms with Crippen LogP contribution in [0.15, 0.2) is 78.0 Å². The number of esters is 2. The van der Waals surface area contributed by atoms with Crippen molar-refractivity contribution < 1.29 is 24.3 Å². The molecule has 4 rings (SSSR count). The first kappa shape index (κ1) is 22.8. The Bertz CT molecular complexity index is 1140. The minimum atomic E-state index is -1.05. The number of halogens is 2. The number of hydrogen-bond donors (Lipinski definition) is 1. The van der Waals surface area contributed by atoms with E-state index in [9.17, 15) is 14.8 Å². The maximum atomic E-state index is 12.6. The number of fused-ring (bicyclic) bond motifs is 1. The van der Waals surface area contributed by atoms with Gasteiger partial charge in [0.2, 0.25) is 0 Å². The molecule has 0 atom stereocenters. The summed E-state index contributed by atoms with van der Waals surface area (Å²) in [5.41, 5.74) is 1.51. The number of ether oxygens (including phenoxy) is 2.